The average molecular weight is 333 g/mol. The molecule has 126 valence electrons. The standard InChI is InChI=1S/C20H19N3O2/c24-20(22-13-18-6-3-11-25-18)19-12-17(7-9-21-19)23-10-8-15-4-1-2-5-16(15)14-23/h1-7,9,11-12H,8,10,13-14H2,(H,22,24). The highest BCUT2D eigenvalue weighted by atomic mass is 16.3. The number of nitrogens with one attached hydrogen (secondary N) is 1. The first-order valence-corrected chi connectivity index (χ1v) is 8.38. The Morgan fingerprint density at radius 1 is 1.16 bits per heavy atom. The van der Waals surface area contributed by atoms with Crippen molar-refractivity contribution in [2.75, 3.05) is 11.4 Å². The maximum absolute atomic E-state index is 12.3. The van der Waals surface area contributed by atoms with Gasteiger partial charge in [0.25, 0.3) is 5.91 Å². The van der Waals surface area contributed by atoms with E-state index in [9.17, 15) is 4.79 Å². The topological polar surface area (TPSA) is 58.4 Å². The zero-order chi connectivity index (χ0) is 17.1. The van der Waals surface area contributed by atoms with Crippen LogP contribution in [0.3, 0.4) is 0 Å². The van der Waals surface area contributed by atoms with E-state index in [1.54, 1.807) is 18.5 Å². The maximum atomic E-state index is 12.3. The molecule has 5 nitrogen and oxygen atoms in total. The second kappa shape index (κ2) is 6.81. The highest BCUT2D eigenvalue weighted by Gasteiger charge is 2.17. The number of carbonyl (C=O) groups excluding carboxylic acids is 1. The third-order valence-corrected chi connectivity index (χ3v) is 4.48. The highest BCUT2D eigenvalue weighted by molar-refractivity contribution is 5.93. The second-order valence-electron chi connectivity index (χ2n) is 6.10. The van der Waals surface area contributed by atoms with Crippen molar-refractivity contribution < 1.29 is 9.21 Å². The Balaban J connectivity index is 1.47. The summed E-state index contributed by atoms with van der Waals surface area (Å²) in [7, 11) is 0. The molecule has 0 spiro atoms. The molecule has 0 unspecified atom stereocenters. The van der Waals surface area contributed by atoms with Crippen LogP contribution in [0, 0.1) is 0 Å². The molecule has 1 aromatic carbocycles. The number of hydrogen-bond acceptors (Lipinski definition) is 4. The molecule has 0 radical (unpaired) electrons. The van der Waals surface area contributed by atoms with E-state index >= 15 is 0 Å². The number of rotatable bonds is 4. The van der Waals surface area contributed by atoms with E-state index in [0.717, 1.165) is 31.0 Å². The number of aromatic nitrogens is 1. The molecule has 1 N–H and O–H groups in total. The Hall–Kier alpha value is -3.08. The van der Waals surface area contributed by atoms with Gasteiger partial charge in [-0.05, 0) is 41.8 Å². The number of nitrogens with zero attached hydrogens (tertiary/aromatic N) is 2. The van der Waals surface area contributed by atoms with Crippen LogP contribution in [-0.2, 0) is 19.5 Å². The number of hydrogen-bond donors (Lipinski definition) is 1. The maximum Gasteiger partial charge on any atom is 0.270 e. The summed E-state index contributed by atoms with van der Waals surface area (Å²) in [6.45, 7) is 2.15. The minimum Gasteiger partial charge on any atom is -0.467 e. The third kappa shape index (κ3) is 3.40. The molecule has 4 rings (SSSR count). The van der Waals surface area contributed by atoms with Gasteiger partial charge in [-0.3, -0.25) is 9.78 Å². The smallest absolute Gasteiger partial charge is 0.270 e. The molecule has 0 fully saturated rings. The van der Waals surface area contributed by atoms with Crippen LogP contribution < -0.4 is 10.2 Å². The minimum atomic E-state index is -0.198. The molecular weight excluding hydrogens is 314 g/mol. The Bertz CT molecular complexity index is 874. The molecule has 0 atom stereocenters. The predicted octanol–water partition coefficient (Wildman–Crippen LogP) is 3.17. The van der Waals surface area contributed by atoms with Crippen molar-refractivity contribution in [2.45, 2.75) is 19.5 Å². The van der Waals surface area contributed by atoms with Crippen molar-refractivity contribution in [3.63, 3.8) is 0 Å². The molecule has 1 aliphatic heterocycles. The predicted molar refractivity (Wildman–Crippen MR) is 95.3 cm³/mol. The van der Waals surface area contributed by atoms with Gasteiger partial charge in [0, 0.05) is 25.0 Å². The summed E-state index contributed by atoms with van der Waals surface area (Å²) in [5.74, 6) is 0.521. The molecular formula is C20H19N3O2. The average Bonchev–Trinajstić information content (AvgIpc) is 3.19. The Morgan fingerprint density at radius 3 is 2.88 bits per heavy atom. The number of amides is 1. The number of furan rings is 1. The van der Waals surface area contributed by atoms with Crippen LogP contribution in [-0.4, -0.2) is 17.4 Å². The van der Waals surface area contributed by atoms with E-state index < -0.39 is 0 Å². The van der Waals surface area contributed by atoms with Gasteiger partial charge < -0.3 is 14.6 Å². The molecule has 2 aromatic heterocycles. The van der Waals surface area contributed by atoms with Crippen LogP contribution in [0.4, 0.5) is 5.69 Å². The van der Waals surface area contributed by atoms with Crippen LogP contribution in [0.2, 0.25) is 0 Å². The van der Waals surface area contributed by atoms with Gasteiger partial charge in [-0.1, -0.05) is 24.3 Å². The zero-order valence-corrected chi connectivity index (χ0v) is 13.8. The van der Waals surface area contributed by atoms with Crippen LogP contribution >= 0.6 is 0 Å². The largest absolute Gasteiger partial charge is 0.467 e. The molecule has 0 saturated carbocycles. The van der Waals surface area contributed by atoms with Gasteiger partial charge in [-0.15, -0.1) is 0 Å². The van der Waals surface area contributed by atoms with Gasteiger partial charge in [-0.25, -0.2) is 0 Å². The Morgan fingerprint density at radius 2 is 2.04 bits per heavy atom. The first-order valence-electron chi connectivity index (χ1n) is 8.38. The van der Waals surface area contributed by atoms with Gasteiger partial charge in [-0.2, -0.15) is 0 Å². The lowest BCUT2D eigenvalue weighted by molar-refractivity contribution is 0.0943. The van der Waals surface area contributed by atoms with Crippen LogP contribution in [0.5, 0.6) is 0 Å². The number of anilines is 1. The fourth-order valence-electron chi connectivity index (χ4n) is 3.13. The lowest BCUT2D eigenvalue weighted by atomic mass is 9.99. The monoisotopic (exact) mass is 333 g/mol. The molecule has 0 aliphatic carbocycles. The van der Waals surface area contributed by atoms with Gasteiger partial charge in [0.2, 0.25) is 0 Å². The normalized spacial score (nSPS) is 13.4. The number of benzene rings is 1. The Labute approximate surface area is 146 Å². The van der Waals surface area contributed by atoms with E-state index in [2.05, 4.69) is 39.5 Å². The van der Waals surface area contributed by atoms with E-state index in [1.807, 2.05) is 18.2 Å². The van der Waals surface area contributed by atoms with Crippen molar-refractivity contribution in [1.29, 1.82) is 0 Å². The molecule has 0 saturated heterocycles. The van der Waals surface area contributed by atoms with Gasteiger partial charge >= 0.3 is 0 Å². The van der Waals surface area contributed by atoms with Gasteiger partial charge in [0.05, 0.1) is 12.8 Å². The SMILES string of the molecule is O=C(NCc1ccco1)c1cc(N2CCc3ccccc3C2)ccn1. The summed E-state index contributed by atoms with van der Waals surface area (Å²) in [5.41, 5.74) is 4.19. The molecule has 1 aliphatic rings. The fraction of sp³-hybridized carbons (Fsp3) is 0.200. The lowest BCUT2D eigenvalue weighted by Crippen LogP contribution is -2.31. The summed E-state index contributed by atoms with van der Waals surface area (Å²) in [6, 6.07) is 15.9. The van der Waals surface area contributed by atoms with E-state index in [-0.39, 0.29) is 5.91 Å². The summed E-state index contributed by atoms with van der Waals surface area (Å²) in [5, 5.41) is 2.83. The first-order chi connectivity index (χ1) is 12.3. The van der Waals surface area contributed by atoms with Crippen molar-refractivity contribution in [2.24, 2.45) is 0 Å². The van der Waals surface area contributed by atoms with Crippen LogP contribution in [0.15, 0.2) is 65.4 Å². The zero-order valence-electron chi connectivity index (χ0n) is 13.8. The van der Waals surface area contributed by atoms with E-state index in [1.165, 1.54) is 11.1 Å². The van der Waals surface area contributed by atoms with Crippen molar-refractivity contribution in [1.82, 2.24) is 10.3 Å². The number of pyridine rings is 1. The van der Waals surface area contributed by atoms with Crippen molar-refractivity contribution in [3.05, 3.63) is 83.6 Å². The number of carbonyl (C=O) groups is 1. The van der Waals surface area contributed by atoms with E-state index in [4.69, 9.17) is 4.42 Å². The molecule has 3 heterocycles. The van der Waals surface area contributed by atoms with Gasteiger partial charge in [0.1, 0.15) is 11.5 Å². The summed E-state index contributed by atoms with van der Waals surface area (Å²) in [4.78, 5) is 18.8. The highest BCUT2D eigenvalue weighted by Crippen LogP contribution is 2.24. The summed E-state index contributed by atoms with van der Waals surface area (Å²) in [6.07, 6.45) is 4.30. The van der Waals surface area contributed by atoms with Gasteiger partial charge in [0.15, 0.2) is 0 Å². The minimum absolute atomic E-state index is 0.198. The van der Waals surface area contributed by atoms with Crippen LogP contribution in [0.1, 0.15) is 27.4 Å². The van der Waals surface area contributed by atoms with E-state index in [0.29, 0.717) is 12.2 Å². The van der Waals surface area contributed by atoms with Crippen LogP contribution in [0.25, 0.3) is 0 Å². The quantitative estimate of drug-likeness (QED) is 0.797. The molecule has 3 aromatic rings. The lowest BCUT2D eigenvalue weighted by Gasteiger charge is -2.30. The number of fused-ring (bicyclic) bond motifs is 1. The van der Waals surface area contributed by atoms with Crippen molar-refractivity contribution in [3.8, 4) is 0 Å². The molecule has 1 amide bonds. The Kier molecular flexibility index (Phi) is 4.21. The fourth-order valence-corrected chi connectivity index (χ4v) is 3.13. The molecule has 5 heteroatoms. The molecule has 25 heavy (non-hydrogen) atoms. The molecule has 0 bridgehead atoms. The third-order valence-electron chi connectivity index (χ3n) is 4.48. The van der Waals surface area contributed by atoms with Crippen molar-refractivity contribution >= 4 is 11.6 Å². The first kappa shape index (κ1) is 15.4. The summed E-state index contributed by atoms with van der Waals surface area (Å²) >= 11 is 0. The second-order valence-corrected chi connectivity index (χ2v) is 6.10. The summed E-state index contributed by atoms with van der Waals surface area (Å²) < 4.78 is 5.23.